The Hall–Kier alpha value is -3.65. The van der Waals surface area contributed by atoms with Crippen molar-refractivity contribution in [3.8, 4) is 11.5 Å². The van der Waals surface area contributed by atoms with E-state index in [4.69, 9.17) is 13.7 Å². The second kappa shape index (κ2) is 10.8. The van der Waals surface area contributed by atoms with Crippen molar-refractivity contribution in [2.45, 2.75) is 56.4 Å². The minimum atomic E-state index is -4.09. The summed E-state index contributed by atoms with van der Waals surface area (Å²) in [5, 5.41) is 0. The number of carbonyl (C=O) groups excluding carboxylic acids is 2. The highest BCUT2D eigenvalue weighted by molar-refractivity contribution is 7.87. The van der Waals surface area contributed by atoms with E-state index >= 15 is 0 Å². The second-order valence-corrected chi connectivity index (χ2v) is 12.0. The van der Waals surface area contributed by atoms with Gasteiger partial charge >= 0.3 is 16.1 Å². The predicted molar refractivity (Wildman–Crippen MR) is 146 cm³/mol. The fraction of sp³-hybridized carbons (Fsp3) is 0.355. The van der Waals surface area contributed by atoms with E-state index < -0.39 is 10.1 Å². The maximum Gasteiger partial charge on any atom is 0.339 e. The van der Waals surface area contributed by atoms with Gasteiger partial charge in [-0.2, -0.15) is 8.42 Å². The molecular formula is C31H32O7S. The van der Waals surface area contributed by atoms with Gasteiger partial charge in [-0.15, -0.1) is 0 Å². The number of fused-ring (bicyclic) bond motifs is 1. The van der Waals surface area contributed by atoms with Crippen LogP contribution in [0.3, 0.4) is 0 Å². The first-order chi connectivity index (χ1) is 18.7. The molecule has 3 atom stereocenters. The monoisotopic (exact) mass is 548 g/mol. The van der Waals surface area contributed by atoms with Crippen LogP contribution in [0.25, 0.3) is 0 Å². The normalized spacial score (nSPS) is 18.3. The standard InChI is InChI=1S/C31H32O7S/c1-19-4-12-26(13-5-19)39(34,35)38-28-15-11-23(16-25(28)18-32)27-14-10-21-6-9-24(17-29(21)37-27)30(22-7-8-22)20(2)31(33)36-3/h4-6,9,11-13,15-18,20,22,27,30H,7-8,10,14H2,1-3H3/t20?,27-,30?/m0/s1. The van der Waals surface area contributed by atoms with Crippen LogP contribution in [0.5, 0.6) is 11.5 Å². The number of carbonyl (C=O) groups is 2. The zero-order chi connectivity index (χ0) is 27.7. The molecule has 204 valence electrons. The Morgan fingerprint density at radius 1 is 1.03 bits per heavy atom. The molecule has 0 bridgehead atoms. The van der Waals surface area contributed by atoms with Crippen molar-refractivity contribution in [1.82, 2.24) is 0 Å². The number of rotatable bonds is 9. The molecule has 0 radical (unpaired) electrons. The average molecular weight is 549 g/mol. The summed E-state index contributed by atoms with van der Waals surface area (Å²) in [6.45, 7) is 3.78. The van der Waals surface area contributed by atoms with Crippen LogP contribution in [0.1, 0.15) is 70.8 Å². The van der Waals surface area contributed by atoms with Crippen molar-refractivity contribution < 1.29 is 31.7 Å². The smallest absolute Gasteiger partial charge is 0.339 e. The highest BCUT2D eigenvalue weighted by atomic mass is 32.2. The molecule has 0 amide bonds. The number of ether oxygens (including phenoxy) is 2. The first kappa shape index (κ1) is 26.9. The summed E-state index contributed by atoms with van der Waals surface area (Å²) in [6, 6.07) is 17.4. The molecule has 3 aromatic carbocycles. The number of hydrogen-bond acceptors (Lipinski definition) is 7. The Labute approximate surface area is 229 Å². The second-order valence-electron chi connectivity index (χ2n) is 10.5. The lowest BCUT2D eigenvalue weighted by molar-refractivity contribution is -0.145. The molecule has 2 aliphatic rings. The molecule has 1 fully saturated rings. The highest BCUT2D eigenvalue weighted by Gasteiger charge is 2.39. The van der Waals surface area contributed by atoms with Crippen LogP contribution in [-0.2, 0) is 26.1 Å². The Bertz CT molecular complexity index is 1490. The molecule has 8 heteroatoms. The number of esters is 1. The van der Waals surface area contributed by atoms with Crippen molar-refractivity contribution in [3.63, 3.8) is 0 Å². The quantitative estimate of drug-likeness (QED) is 0.185. The Balaban J connectivity index is 1.37. The molecule has 0 spiro atoms. The van der Waals surface area contributed by atoms with Gasteiger partial charge in [0.05, 0.1) is 18.6 Å². The van der Waals surface area contributed by atoms with E-state index in [2.05, 4.69) is 12.1 Å². The average Bonchev–Trinajstić information content (AvgIpc) is 3.77. The van der Waals surface area contributed by atoms with E-state index in [-0.39, 0.29) is 40.1 Å². The van der Waals surface area contributed by atoms with Crippen LogP contribution in [-0.4, -0.2) is 27.8 Å². The topological polar surface area (TPSA) is 96.0 Å². The molecule has 39 heavy (non-hydrogen) atoms. The van der Waals surface area contributed by atoms with Crippen molar-refractivity contribution in [1.29, 1.82) is 0 Å². The zero-order valence-corrected chi connectivity index (χ0v) is 23.1. The van der Waals surface area contributed by atoms with Gasteiger partial charge < -0.3 is 13.7 Å². The summed E-state index contributed by atoms with van der Waals surface area (Å²) < 4.78 is 42.3. The van der Waals surface area contributed by atoms with Gasteiger partial charge in [-0.3, -0.25) is 9.59 Å². The maximum atomic E-state index is 12.8. The third kappa shape index (κ3) is 5.71. The van der Waals surface area contributed by atoms with E-state index in [0.29, 0.717) is 18.6 Å². The summed E-state index contributed by atoms with van der Waals surface area (Å²) in [5.74, 6) is 0.796. The molecular weight excluding hydrogens is 516 g/mol. The van der Waals surface area contributed by atoms with E-state index in [1.165, 1.54) is 25.3 Å². The van der Waals surface area contributed by atoms with E-state index in [1.54, 1.807) is 24.3 Å². The van der Waals surface area contributed by atoms with Crippen molar-refractivity contribution in [2.75, 3.05) is 7.11 Å². The third-order valence-electron chi connectivity index (χ3n) is 7.70. The lowest BCUT2D eigenvalue weighted by Gasteiger charge is -2.29. The summed E-state index contributed by atoms with van der Waals surface area (Å²) in [5.41, 5.74) is 3.97. The van der Waals surface area contributed by atoms with Crippen LogP contribution >= 0.6 is 0 Å². The first-order valence-corrected chi connectivity index (χ1v) is 14.6. The molecule has 1 heterocycles. The fourth-order valence-electron chi connectivity index (χ4n) is 5.39. The molecule has 0 aromatic heterocycles. The van der Waals surface area contributed by atoms with Gasteiger partial charge in [0.2, 0.25) is 0 Å². The summed E-state index contributed by atoms with van der Waals surface area (Å²) in [6.07, 6.45) is 3.96. The van der Waals surface area contributed by atoms with Gasteiger partial charge in [-0.25, -0.2) is 0 Å². The summed E-state index contributed by atoms with van der Waals surface area (Å²) in [4.78, 5) is 24.2. The lowest BCUT2D eigenvalue weighted by Crippen LogP contribution is -2.23. The number of benzene rings is 3. The van der Waals surface area contributed by atoms with E-state index in [0.717, 1.165) is 47.3 Å². The first-order valence-electron chi connectivity index (χ1n) is 13.2. The largest absolute Gasteiger partial charge is 0.485 e. The van der Waals surface area contributed by atoms with Crippen LogP contribution in [0, 0.1) is 18.8 Å². The maximum absolute atomic E-state index is 12.8. The van der Waals surface area contributed by atoms with Crippen molar-refractivity contribution >= 4 is 22.4 Å². The van der Waals surface area contributed by atoms with Crippen LogP contribution in [0.15, 0.2) is 65.6 Å². The zero-order valence-electron chi connectivity index (χ0n) is 22.3. The minimum absolute atomic E-state index is 0.0167. The Morgan fingerprint density at radius 3 is 2.44 bits per heavy atom. The van der Waals surface area contributed by atoms with Gasteiger partial charge in [0.1, 0.15) is 16.7 Å². The predicted octanol–water partition coefficient (Wildman–Crippen LogP) is 5.94. The number of aldehydes is 1. The summed E-state index contributed by atoms with van der Waals surface area (Å²) >= 11 is 0. The molecule has 5 rings (SSSR count). The molecule has 7 nitrogen and oxygen atoms in total. The molecule has 0 N–H and O–H groups in total. The van der Waals surface area contributed by atoms with Crippen LogP contribution in [0.2, 0.25) is 0 Å². The molecule has 3 aromatic rings. The van der Waals surface area contributed by atoms with Crippen LogP contribution in [0.4, 0.5) is 0 Å². The van der Waals surface area contributed by atoms with Gasteiger partial charge in [-0.05, 0) is 91.5 Å². The van der Waals surface area contributed by atoms with E-state index in [1.807, 2.05) is 19.9 Å². The summed E-state index contributed by atoms with van der Waals surface area (Å²) in [7, 11) is -2.67. The third-order valence-corrected chi connectivity index (χ3v) is 8.95. The van der Waals surface area contributed by atoms with Gasteiger partial charge in [0.25, 0.3) is 0 Å². The fourth-order valence-corrected chi connectivity index (χ4v) is 6.35. The number of aryl methyl sites for hydroxylation is 2. The number of hydrogen-bond donors (Lipinski definition) is 0. The van der Waals surface area contributed by atoms with Gasteiger partial charge in [0, 0.05) is 0 Å². The van der Waals surface area contributed by atoms with E-state index in [9.17, 15) is 18.0 Å². The lowest BCUT2D eigenvalue weighted by atomic mass is 9.82. The minimum Gasteiger partial charge on any atom is -0.485 e. The Morgan fingerprint density at radius 2 is 1.77 bits per heavy atom. The Kier molecular flexibility index (Phi) is 7.49. The molecule has 2 unspecified atom stereocenters. The molecule has 1 aliphatic heterocycles. The van der Waals surface area contributed by atoms with Crippen molar-refractivity contribution in [3.05, 3.63) is 88.5 Å². The molecule has 0 saturated heterocycles. The molecule has 1 aliphatic carbocycles. The van der Waals surface area contributed by atoms with Crippen LogP contribution < -0.4 is 8.92 Å². The van der Waals surface area contributed by atoms with Gasteiger partial charge in [0.15, 0.2) is 12.0 Å². The number of methoxy groups -OCH3 is 1. The highest BCUT2D eigenvalue weighted by Crippen LogP contribution is 2.48. The molecule has 1 saturated carbocycles. The van der Waals surface area contributed by atoms with Crippen molar-refractivity contribution in [2.24, 2.45) is 11.8 Å². The van der Waals surface area contributed by atoms with Gasteiger partial charge in [-0.1, -0.05) is 42.8 Å². The SMILES string of the molecule is COC(=O)C(C)C(c1ccc2c(c1)O[C@H](c1ccc(OS(=O)(=O)c3ccc(C)cc3)c(C=O)c1)CC2)C1CC1.